The molecule has 0 fully saturated rings. The number of ether oxygens (including phenoxy) is 1. The molecule has 0 aromatic heterocycles. The summed E-state index contributed by atoms with van der Waals surface area (Å²) in [6.45, 7) is 2.05. The Kier molecular flexibility index (Phi) is 5.35. The van der Waals surface area contributed by atoms with E-state index in [-0.39, 0.29) is 6.10 Å². The van der Waals surface area contributed by atoms with E-state index in [0.717, 1.165) is 28.3 Å². The molecule has 1 unspecified atom stereocenters. The lowest BCUT2D eigenvalue weighted by Crippen LogP contribution is -2.28. The highest BCUT2D eigenvalue weighted by molar-refractivity contribution is 7.80. The summed E-state index contributed by atoms with van der Waals surface area (Å²) in [7, 11) is 0. The minimum Gasteiger partial charge on any atom is -0.485 e. The van der Waals surface area contributed by atoms with Crippen LogP contribution in [0.3, 0.4) is 0 Å². The predicted octanol–water partition coefficient (Wildman–Crippen LogP) is 5.21. The van der Waals surface area contributed by atoms with Crippen molar-refractivity contribution in [3.63, 3.8) is 0 Å². The van der Waals surface area contributed by atoms with Crippen molar-refractivity contribution < 1.29 is 4.74 Å². The Labute approximate surface area is 170 Å². The second-order valence-electron chi connectivity index (χ2n) is 6.71. The van der Waals surface area contributed by atoms with Crippen LogP contribution in [0.1, 0.15) is 29.2 Å². The van der Waals surface area contributed by atoms with Gasteiger partial charge in [0.2, 0.25) is 0 Å². The van der Waals surface area contributed by atoms with Gasteiger partial charge in [0.15, 0.2) is 5.11 Å². The number of nitrogens with zero attached hydrogens (tertiary/aromatic N) is 1. The lowest BCUT2D eigenvalue weighted by molar-refractivity contribution is 0.206. The van der Waals surface area contributed by atoms with Gasteiger partial charge in [-0.1, -0.05) is 60.2 Å². The molecule has 1 heterocycles. The van der Waals surface area contributed by atoms with Gasteiger partial charge >= 0.3 is 0 Å². The fraction of sp³-hybridized carbons (Fsp3) is 0.130. The van der Waals surface area contributed by atoms with Crippen LogP contribution in [0.25, 0.3) is 0 Å². The normalized spacial score (nSPS) is 16.8. The molecule has 0 amide bonds. The van der Waals surface area contributed by atoms with Crippen LogP contribution in [0.15, 0.2) is 84.0 Å². The Morgan fingerprint density at radius 1 is 0.964 bits per heavy atom. The van der Waals surface area contributed by atoms with E-state index < -0.39 is 0 Å². The number of benzene rings is 3. The smallest absolute Gasteiger partial charge is 0.191 e. The monoisotopic (exact) mass is 387 g/mol. The molecule has 140 valence electrons. The molecule has 1 aliphatic rings. The lowest BCUT2D eigenvalue weighted by Gasteiger charge is -2.27. The van der Waals surface area contributed by atoms with E-state index in [4.69, 9.17) is 17.0 Å². The average Bonchev–Trinajstić information content (AvgIpc) is 2.74. The molecule has 0 bridgehead atoms. The van der Waals surface area contributed by atoms with Gasteiger partial charge in [0.25, 0.3) is 0 Å². The predicted molar refractivity (Wildman–Crippen MR) is 118 cm³/mol. The third-order valence-corrected chi connectivity index (χ3v) is 4.81. The van der Waals surface area contributed by atoms with Crippen LogP contribution in [0.2, 0.25) is 0 Å². The van der Waals surface area contributed by atoms with Gasteiger partial charge < -0.3 is 10.1 Å². The maximum absolute atomic E-state index is 6.20. The summed E-state index contributed by atoms with van der Waals surface area (Å²) < 4.78 is 6.20. The van der Waals surface area contributed by atoms with Crippen molar-refractivity contribution in [1.29, 1.82) is 0 Å². The van der Waals surface area contributed by atoms with Crippen molar-refractivity contribution in [3.8, 4) is 5.75 Å². The maximum atomic E-state index is 6.20. The number of nitrogens with one attached hydrogen (secondary N) is 2. The van der Waals surface area contributed by atoms with Gasteiger partial charge in [0, 0.05) is 17.7 Å². The van der Waals surface area contributed by atoms with Crippen LogP contribution in [0.5, 0.6) is 5.75 Å². The molecule has 0 saturated carbocycles. The second-order valence-corrected chi connectivity index (χ2v) is 7.12. The van der Waals surface area contributed by atoms with Gasteiger partial charge in [0.1, 0.15) is 11.9 Å². The van der Waals surface area contributed by atoms with Gasteiger partial charge in [-0.3, -0.25) is 5.43 Å². The zero-order valence-corrected chi connectivity index (χ0v) is 16.4. The molecule has 0 saturated heterocycles. The number of fused-ring (bicyclic) bond motifs is 1. The van der Waals surface area contributed by atoms with Crippen molar-refractivity contribution in [1.82, 2.24) is 5.43 Å². The number of para-hydroxylation sites is 1. The Morgan fingerprint density at radius 2 is 1.68 bits per heavy atom. The number of thiocarbonyl (C=S) groups is 1. The molecule has 0 aliphatic carbocycles. The van der Waals surface area contributed by atoms with E-state index >= 15 is 0 Å². The summed E-state index contributed by atoms with van der Waals surface area (Å²) in [5, 5.41) is 8.21. The summed E-state index contributed by atoms with van der Waals surface area (Å²) in [6, 6.07) is 26.2. The number of hydrogen-bond acceptors (Lipinski definition) is 3. The van der Waals surface area contributed by atoms with Crippen LogP contribution >= 0.6 is 12.2 Å². The molecule has 3 aromatic carbocycles. The summed E-state index contributed by atoms with van der Waals surface area (Å²) in [4.78, 5) is 0. The Bertz CT molecular complexity index is 1000. The molecule has 0 spiro atoms. The first-order valence-corrected chi connectivity index (χ1v) is 9.61. The molecular formula is C23H21N3OS. The minimum atomic E-state index is -0.0738. The highest BCUT2D eigenvalue weighted by Gasteiger charge is 2.26. The number of hydrazone groups is 1. The van der Waals surface area contributed by atoms with Crippen LogP contribution < -0.4 is 15.5 Å². The zero-order chi connectivity index (χ0) is 19.3. The topological polar surface area (TPSA) is 45.7 Å². The molecule has 28 heavy (non-hydrogen) atoms. The van der Waals surface area contributed by atoms with Crippen molar-refractivity contribution in [3.05, 3.63) is 95.6 Å². The van der Waals surface area contributed by atoms with E-state index in [1.165, 1.54) is 5.56 Å². The molecule has 3 aromatic rings. The standard InChI is InChI=1S/C23H21N3OS/c1-16-11-13-18(14-12-16)24-23(28)26-25-20-15-22(17-7-3-2-4-8-17)27-21-10-6-5-9-19(20)21/h2-14,22H,15H2,1H3,(H2,24,26,28)/b25-20+. The summed E-state index contributed by atoms with van der Waals surface area (Å²) in [5.74, 6) is 0.834. The largest absolute Gasteiger partial charge is 0.485 e. The van der Waals surface area contributed by atoms with Crippen molar-refractivity contribution in [2.45, 2.75) is 19.4 Å². The van der Waals surface area contributed by atoms with Gasteiger partial charge in [-0.25, -0.2) is 0 Å². The average molecular weight is 388 g/mol. The summed E-state index contributed by atoms with van der Waals surface area (Å²) in [6.07, 6.45) is 0.594. The third kappa shape index (κ3) is 4.21. The lowest BCUT2D eigenvalue weighted by atomic mass is 9.96. The fourth-order valence-electron chi connectivity index (χ4n) is 3.16. The highest BCUT2D eigenvalue weighted by Crippen LogP contribution is 2.34. The first kappa shape index (κ1) is 18.2. The highest BCUT2D eigenvalue weighted by atomic mass is 32.1. The SMILES string of the molecule is Cc1ccc(NC(=S)N/N=C2\CC(c3ccccc3)Oc3ccccc32)cc1. The second kappa shape index (κ2) is 8.23. The van der Waals surface area contributed by atoms with Crippen LogP contribution in [-0.2, 0) is 0 Å². The summed E-state index contributed by atoms with van der Waals surface area (Å²) in [5.41, 5.74) is 8.15. The summed E-state index contributed by atoms with van der Waals surface area (Å²) >= 11 is 5.40. The number of rotatable bonds is 3. The third-order valence-electron chi connectivity index (χ3n) is 4.62. The molecule has 4 nitrogen and oxygen atoms in total. The molecular weight excluding hydrogens is 366 g/mol. The molecule has 2 N–H and O–H groups in total. The van der Waals surface area contributed by atoms with Crippen LogP contribution in [-0.4, -0.2) is 10.8 Å². The fourth-order valence-corrected chi connectivity index (χ4v) is 3.33. The Morgan fingerprint density at radius 3 is 2.46 bits per heavy atom. The number of anilines is 1. The van der Waals surface area contributed by atoms with Crippen molar-refractivity contribution in [2.75, 3.05) is 5.32 Å². The molecule has 5 heteroatoms. The van der Waals surface area contributed by atoms with Gasteiger partial charge in [-0.2, -0.15) is 5.10 Å². The van der Waals surface area contributed by atoms with E-state index in [9.17, 15) is 0 Å². The van der Waals surface area contributed by atoms with E-state index in [1.807, 2.05) is 66.7 Å². The van der Waals surface area contributed by atoms with Crippen LogP contribution in [0.4, 0.5) is 5.69 Å². The quantitative estimate of drug-likeness (QED) is 0.478. The van der Waals surface area contributed by atoms with Gasteiger partial charge in [0.05, 0.1) is 5.71 Å². The van der Waals surface area contributed by atoms with E-state index in [1.54, 1.807) is 0 Å². The van der Waals surface area contributed by atoms with E-state index in [0.29, 0.717) is 11.5 Å². The first-order chi connectivity index (χ1) is 13.7. The van der Waals surface area contributed by atoms with Gasteiger partial charge in [-0.05, 0) is 49.0 Å². The Hall–Kier alpha value is -3.18. The van der Waals surface area contributed by atoms with Crippen molar-refractivity contribution >= 4 is 28.7 Å². The zero-order valence-electron chi connectivity index (χ0n) is 15.6. The van der Waals surface area contributed by atoms with E-state index in [2.05, 4.69) is 34.9 Å². The maximum Gasteiger partial charge on any atom is 0.191 e. The molecule has 0 radical (unpaired) electrons. The number of aryl methyl sites for hydroxylation is 1. The first-order valence-electron chi connectivity index (χ1n) is 9.20. The van der Waals surface area contributed by atoms with Gasteiger partial charge in [-0.15, -0.1) is 0 Å². The van der Waals surface area contributed by atoms with Crippen molar-refractivity contribution in [2.24, 2.45) is 5.10 Å². The molecule has 4 rings (SSSR count). The Balaban J connectivity index is 1.53. The van der Waals surface area contributed by atoms with Crippen LogP contribution in [0, 0.1) is 6.92 Å². The molecule has 1 aliphatic heterocycles. The number of hydrogen-bond donors (Lipinski definition) is 2. The minimum absolute atomic E-state index is 0.0738. The molecule has 1 atom stereocenters.